The first-order valence-electron chi connectivity index (χ1n) is 12.4. The normalized spacial score (nSPS) is 13.2. The molecule has 0 aliphatic carbocycles. The Morgan fingerprint density at radius 3 is 1.17 bits per heavy atom. The molecule has 0 spiro atoms. The Bertz CT molecular complexity index is 308. The Labute approximate surface area is 192 Å². The summed E-state index contributed by atoms with van der Waals surface area (Å²) in [7, 11) is 0. The first-order chi connectivity index (χ1) is 13.7. The Morgan fingerprint density at radius 1 is 0.448 bits per heavy atom. The molecule has 0 aromatic rings. The first-order valence-corrected chi connectivity index (χ1v) is 12.4. The van der Waals surface area contributed by atoms with E-state index < -0.39 is 0 Å². The lowest BCUT2D eigenvalue weighted by atomic mass is 10.0. The number of nitrogens with zero attached hydrogens (tertiary/aromatic N) is 1. The predicted molar refractivity (Wildman–Crippen MR) is 120 cm³/mol. The average Bonchev–Trinajstić information content (AvgIpc) is 2.71. The Kier molecular flexibility index (Phi) is 26.7. The van der Waals surface area contributed by atoms with Crippen molar-refractivity contribution in [3.63, 3.8) is 0 Å². The number of aliphatic hydroxyl groups is 3. The molecule has 0 heterocycles. The smallest absolute Gasteiger partial charge is 0.180 e. The van der Waals surface area contributed by atoms with Crippen LogP contribution >= 0.6 is 0 Å². The fraction of sp³-hybridized carbons (Fsp3) is 1.00. The zero-order valence-electron chi connectivity index (χ0n) is 19.4. The number of unbranched alkanes of at least 4 members (excludes halogenated alkanes) is 15. The maximum Gasteiger partial charge on any atom is 0.180 e. The van der Waals surface area contributed by atoms with Crippen molar-refractivity contribution in [1.82, 2.24) is 0 Å². The van der Waals surface area contributed by atoms with E-state index in [1.165, 1.54) is 96.3 Å². The SMILES string of the molecule is CCCCCCCCCCCCCCCCCC[N+](CO)(CCO)CCCO.[Br-]. The molecule has 0 bridgehead atoms. The van der Waals surface area contributed by atoms with Crippen LogP contribution in [-0.4, -0.2) is 59.4 Å². The van der Waals surface area contributed by atoms with Crippen LogP contribution in [0.4, 0.5) is 0 Å². The van der Waals surface area contributed by atoms with Crippen molar-refractivity contribution in [2.24, 2.45) is 0 Å². The van der Waals surface area contributed by atoms with Crippen LogP contribution in [0.15, 0.2) is 0 Å². The number of halogens is 1. The average molecular weight is 483 g/mol. The van der Waals surface area contributed by atoms with Crippen molar-refractivity contribution < 1.29 is 36.8 Å². The van der Waals surface area contributed by atoms with E-state index in [0.29, 0.717) is 17.4 Å². The minimum Gasteiger partial charge on any atom is -1.00 e. The van der Waals surface area contributed by atoms with Crippen LogP contribution in [0.3, 0.4) is 0 Å². The predicted octanol–water partition coefficient (Wildman–Crippen LogP) is 2.39. The zero-order chi connectivity index (χ0) is 20.8. The van der Waals surface area contributed by atoms with Crippen molar-refractivity contribution in [2.75, 3.05) is 39.6 Å². The van der Waals surface area contributed by atoms with E-state index in [1.54, 1.807) is 0 Å². The molecule has 0 aliphatic heterocycles. The van der Waals surface area contributed by atoms with E-state index in [2.05, 4.69) is 6.92 Å². The van der Waals surface area contributed by atoms with Crippen LogP contribution in [0.2, 0.25) is 0 Å². The number of quaternary nitrogens is 1. The van der Waals surface area contributed by atoms with Gasteiger partial charge in [-0.25, -0.2) is 0 Å². The molecule has 0 saturated heterocycles. The van der Waals surface area contributed by atoms with Gasteiger partial charge in [0, 0.05) is 13.0 Å². The maximum atomic E-state index is 9.74. The molecule has 0 amide bonds. The van der Waals surface area contributed by atoms with Gasteiger partial charge < -0.3 is 32.3 Å². The van der Waals surface area contributed by atoms with E-state index in [1.807, 2.05) is 0 Å². The Hall–Kier alpha value is 0.320. The highest BCUT2D eigenvalue weighted by atomic mass is 79.9. The molecular weight excluding hydrogens is 430 g/mol. The van der Waals surface area contributed by atoms with Crippen molar-refractivity contribution in [2.45, 2.75) is 116 Å². The van der Waals surface area contributed by atoms with Crippen LogP contribution < -0.4 is 17.0 Å². The number of aliphatic hydroxyl groups excluding tert-OH is 3. The maximum absolute atomic E-state index is 9.74. The number of hydrogen-bond acceptors (Lipinski definition) is 3. The fourth-order valence-corrected chi connectivity index (χ4v) is 4.16. The van der Waals surface area contributed by atoms with Crippen LogP contribution in [0, 0.1) is 0 Å². The summed E-state index contributed by atoms with van der Waals surface area (Å²) in [4.78, 5) is 0. The lowest BCUT2D eigenvalue weighted by Gasteiger charge is -2.36. The van der Waals surface area contributed by atoms with Gasteiger partial charge in [-0.3, -0.25) is 4.48 Å². The lowest BCUT2D eigenvalue weighted by Crippen LogP contribution is -3.00. The van der Waals surface area contributed by atoms with Gasteiger partial charge in [-0.15, -0.1) is 0 Å². The quantitative estimate of drug-likeness (QED) is 0.119. The Morgan fingerprint density at radius 2 is 0.828 bits per heavy atom. The molecule has 29 heavy (non-hydrogen) atoms. The molecule has 178 valence electrons. The molecule has 0 aromatic carbocycles. The summed E-state index contributed by atoms with van der Waals surface area (Å²) in [5.41, 5.74) is 0. The molecule has 0 rings (SSSR count). The third-order valence-electron chi connectivity index (χ3n) is 6.15. The van der Waals surface area contributed by atoms with Gasteiger partial charge in [-0.05, 0) is 12.8 Å². The van der Waals surface area contributed by atoms with Crippen LogP contribution in [0.5, 0.6) is 0 Å². The molecule has 1 atom stereocenters. The molecule has 5 heteroatoms. The molecule has 0 radical (unpaired) electrons. The second-order valence-corrected chi connectivity index (χ2v) is 8.76. The van der Waals surface area contributed by atoms with Crippen molar-refractivity contribution >= 4 is 0 Å². The molecule has 3 N–H and O–H groups in total. The lowest BCUT2D eigenvalue weighted by molar-refractivity contribution is -0.945. The number of rotatable bonds is 23. The van der Waals surface area contributed by atoms with Gasteiger partial charge in [0.15, 0.2) is 6.73 Å². The molecular formula is C24H52BrNO3. The third-order valence-corrected chi connectivity index (χ3v) is 6.15. The summed E-state index contributed by atoms with van der Waals surface area (Å²) in [6.45, 7) is 4.87. The second-order valence-electron chi connectivity index (χ2n) is 8.76. The molecule has 4 nitrogen and oxygen atoms in total. The first kappa shape index (κ1) is 31.5. The van der Waals surface area contributed by atoms with Crippen molar-refractivity contribution in [1.29, 1.82) is 0 Å². The highest BCUT2D eigenvalue weighted by molar-refractivity contribution is 4.51. The molecule has 0 fully saturated rings. The molecule has 1 unspecified atom stereocenters. The van der Waals surface area contributed by atoms with Gasteiger partial charge in [-0.1, -0.05) is 96.8 Å². The van der Waals surface area contributed by atoms with Crippen LogP contribution in [0.1, 0.15) is 116 Å². The third kappa shape index (κ3) is 20.0. The standard InChI is InChI=1S/C24H52NO3.BrH/c1-2-3-4-5-6-7-8-9-10-11-12-13-14-15-16-17-19-25(24-28,21-23-27)20-18-22-26;/h26-28H,2-24H2,1H3;1H/q+1;/p-1. The largest absolute Gasteiger partial charge is 1.00 e. The summed E-state index contributed by atoms with van der Waals surface area (Å²) in [5, 5.41) is 28.1. The summed E-state index contributed by atoms with van der Waals surface area (Å²) in [6, 6.07) is 0. The minimum atomic E-state index is 0. The van der Waals surface area contributed by atoms with Crippen LogP contribution in [0.25, 0.3) is 0 Å². The second kappa shape index (κ2) is 24.6. The van der Waals surface area contributed by atoms with Crippen molar-refractivity contribution in [3.05, 3.63) is 0 Å². The van der Waals surface area contributed by atoms with Gasteiger partial charge in [0.05, 0.1) is 19.7 Å². The highest BCUT2D eigenvalue weighted by Gasteiger charge is 2.24. The minimum absolute atomic E-state index is 0. The van der Waals surface area contributed by atoms with Gasteiger partial charge >= 0.3 is 0 Å². The monoisotopic (exact) mass is 481 g/mol. The van der Waals surface area contributed by atoms with E-state index in [-0.39, 0.29) is 36.9 Å². The van der Waals surface area contributed by atoms with E-state index in [4.69, 9.17) is 5.11 Å². The van der Waals surface area contributed by atoms with E-state index in [9.17, 15) is 10.2 Å². The molecule has 0 saturated carbocycles. The van der Waals surface area contributed by atoms with E-state index >= 15 is 0 Å². The van der Waals surface area contributed by atoms with E-state index in [0.717, 1.165) is 19.5 Å². The van der Waals surface area contributed by atoms with Gasteiger partial charge in [0.1, 0.15) is 6.54 Å². The van der Waals surface area contributed by atoms with Crippen molar-refractivity contribution in [3.8, 4) is 0 Å². The van der Waals surface area contributed by atoms with Crippen LogP contribution in [-0.2, 0) is 0 Å². The topological polar surface area (TPSA) is 60.7 Å². The summed E-state index contributed by atoms with van der Waals surface area (Å²) < 4.78 is 0.537. The van der Waals surface area contributed by atoms with Gasteiger partial charge in [-0.2, -0.15) is 0 Å². The molecule has 0 aromatic heterocycles. The van der Waals surface area contributed by atoms with Gasteiger partial charge in [0.2, 0.25) is 0 Å². The zero-order valence-corrected chi connectivity index (χ0v) is 21.0. The summed E-state index contributed by atoms with van der Waals surface area (Å²) in [5.74, 6) is 0. The Balaban J connectivity index is 0. The number of hydrogen-bond donors (Lipinski definition) is 3. The fourth-order valence-electron chi connectivity index (χ4n) is 4.16. The highest BCUT2D eigenvalue weighted by Crippen LogP contribution is 2.15. The van der Waals surface area contributed by atoms with Gasteiger partial charge in [0.25, 0.3) is 0 Å². The summed E-state index contributed by atoms with van der Waals surface area (Å²) in [6.07, 6.45) is 22.5. The molecule has 0 aliphatic rings. The summed E-state index contributed by atoms with van der Waals surface area (Å²) >= 11 is 0.